The Labute approximate surface area is 109 Å². The van der Waals surface area contributed by atoms with Crippen LogP contribution >= 0.6 is 0 Å². The minimum Gasteiger partial charge on any atom is -0.492 e. The number of hydrogen-bond donors (Lipinski definition) is 2. The lowest BCUT2D eigenvalue weighted by molar-refractivity contribution is 0.252. The molecule has 0 saturated carbocycles. The van der Waals surface area contributed by atoms with Crippen LogP contribution in [0, 0.1) is 0 Å². The first-order chi connectivity index (χ1) is 8.51. The first-order valence-corrected chi connectivity index (χ1v) is 6.45. The molecule has 1 rings (SSSR count). The van der Waals surface area contributed by atoms with Gasteiger partial charge in [-0.1, -0.05) is 0 Å². The Hall–Kier alpha value is -1.13. The number of nitrogens with zero attached hydrogens (tertiary/aromatic N) is 1. The van der Waals surface area contributed by atoms with E-state index in [4.69, 9.17) is 9.84 Å². The molecule has 0 aromatic carbocycles. The first kappa shape index (κ1) is 14.9. The summed E-state index contributed by atoms with van der Waals surface area (Å²) in [5.41, 5.74) is 1.11. The van der Waals surface area contributed by atoms with Crippen LogP contribution in [0.2, 0.25) is 0 Å². The Bertz CT molecular complexity index is 331. The zero-order valence-corrected chi connectivity index (χ0v) is 11.6. The predicted octanol–water partition coefficient (Wildman–Crippen LogP) is 2.12. The van der Waals surface area contributed by atoms with Gasteiger partial charge in [-0.15, -0.1) is 0 Å². The lowest BCUT2D eigenvalue weighted by Crippen LogP contribution is -2.35. The van der Waals surface area contributed by atoms with Gasteiger partial charge >= 0.3 is 0 Å². The summed E-state index contributed by atoms with van der Waals surface area (Å²) in [4.78, 5) is 4.34. The quantitative estimate of drug-likeness (QED) is 0.730. The summed E-state index contributed by atoms with van der Waals surface area (Å²) in [6.07, 6.45) is 3.39. The van der Waals surface area contributed by atoms with Gasteiger partial charge in [0, 0.05) is 18.7 Å². The van der Waals surface area contributed by atoms with E-state index in [1.807, 2.05) is 12.1 Å². The van der Waals surface area contributed by atoms with E-state index in [9.17, 15) is 0 Å². The number of aliphatic hydroxyl groups excluding tert-OH is 1. The van der Waals surface area contributed by atoms with Crippen LogP contribution in [0.25, 0.3) is 0 Å². The maximum absolute atomic E-state index is 8.65. The average molecular weight is 252 g/mol. The molecule has 2 N–H and O–H groups in total. The minimum atomic E-state index is 0.0984. The predicted molar refractivity (Wildman–Crippen MR) is 72.6 cm³/mol. The molecule has 0 bridgehead atoms. The maximum atomic E-state index is 8.65. The first-order valence-electron chi connectivity index (χ1n) is 6.45. The molecule has 1 aromatic heterocycles. The molecule has 0 radical (unpaired) electrons. The zero-order chi connectivity index (χ0) is 13.4. The van der Waals surface area contributed by atoms with Crippen molar-refractivity contribution in [3.05, 3.63) is 24.0 Å². The van der Waals surface area contributed by atoms with E-state index >= 15 is 0 Å². The highest BCUT2D eigenvalue weighted by molar-refractivity contribution is 5.19. The molecule has 1 heterocycles. The number of aliphatic hydroxyl groups is 1. The van der Waals surface area contributed by atoms with E-state index in [-0.39, 0.29) is 12.1 Å². The van der Waals surface area contributed by atoms with E-state index < -0.39 is 0 Å². The van der Waals surface area contributed by atoms with Gasteiger partial charge in [-0.2, -0.15) is 0 Å². The Kier molecular flexibility index (Phi) is 6.09. The molecule has 0 atom stereocenters. The van der Waals surface area contributed by atoms with Crippen molar-refractivity contribution in [2.45, 2.75) is 45.7 Å². The normalized spacial score (nSPS) is 11.6. The molecular formula is C14H24N2O2. The highest BCUT2D eigenvalue weighted by Crippen LogP contribution is 2.10. The third-order valence-electron chi connectivity index (χ3n) is 2.42. The lowest BCUT2D eigenvalue weighted by Gasteiger charge is -2.20. The number of rotatable bonds is 7. The Morgan fingerprint density at radius 2 is 2.06 bits per heavy atom. The molecule has 4 heteroatoms. The van der Waals surface area contributed by atoms with Crippen LogP contribution in [0.3, 0.4) is 0 Å². The van der Waals surface area contributed by atoms with Gasteiger partial charge in [0.2, 0.25) is 0 Å². The Balaban J connectivity index is 2.33. The van der Waals surface area contributed by atoms with Crippen molar-refractivity contribution in [3.63, 3.8) is 0 Å². The van der Waals surface area contributed by atoms with Crippen LogP contribution in [-0.4, -0.2) is 28.8 Å². The molecule has 4 nitrogen and oxygen atoms in total. The third kappa shape index (κ3) is 6.57. The molecule has 0 unspecified atom stereocenters. The second-order valence-corrected chi connectivity index (χ2v) is 5.37. The SMILES string of the molecule is CC(C)(C)NCc1ccc(OCCCCO)cn1. The van der Waals surface area contributed by atoms with E-state index in [1.54, 1.807) is 6.20 Å². The molecule has 0 aliphatic carbocycles. The van der Waals surface area contributed by atoms with Gasteiger partial charge in [0.15, 0.2) is 0 Å². The number of pyridine rings is 1. The average Bonchev–Trinajstić information content (AvgIpc) is 2.33. The van der Waals surface area contributed by atoms with Gasteiger partial charge in [-0.05, 0) is 45.7 Å². The largest absolute Gasteiger partial charge is 0.492 e. The highest BCUT2D eigenvalue weighted by Gasteiger charge is 2.08. The molecule has 0 spiro atoms. The van der Waals surface area contributed by atoms with Crippen LogP contribution in [0.4, 0.5) is 0 Å². The van der Waals surface area contributed by atoms with Gasteiger partial charge in [0.05, 0.1) is 18.5 Å². The summed E-state index contributed by atoms with van der Waals surface area (Å²) < 4.78 is 5.51. The monoisotopic (exact) mass is 252 g/mol. The van der Waals surface area contributed by atoms with Crippen molar-refractivity contribution in [1.82, 2.24) is 10.3 Å². The second kappa shape index (κ2) is 7.34. The summed E-state index contributed by atoms with van der Waals surface area (Å²) in [5.74, 6) is 0.785. The van der Waals surface area contributed by atoms with Gasteiger partial charge in [0.1, 0.15) is 5.75 Å². The molecular weight excluding hydrogens is 228 g/mol. The van der Waals surface area contributed by atoms with Gasteiger partial charge < -0.3 is 15.2 Å². The molecule has 0 aliphatic heterocycles. The van der Waals surface area contributed by atoms with Crippen LogP contribution in [0.1, 0.15) is 39.3 Å². The number of nitrogens with one attached hydrogen (secondary N) is 1. The van der Waals surface area contributed by atoms with Crippen molar-refractivity contribution >= 4 is 0 Å². The standard InChI is InChI=1S/C14H24N2O2/c1-14(2,3)16-10-12-6-7-13(11-15-12)18-9-5-4-8-17/h6-7,11,16-17H,4-5,8-10H2,1-3H3. The summed E-state index contributed by atoms with van der Waals surface area (Å²) in [5, 5.41) is 12.0. The fourth-order valence-electron chi connectivity index (χ4n) is 1.36. The van der Waals surface area contributed by atoms with E-state index in [2.05, 4.69) is 31.1 Å². The molecule has 1 aromatic rings. The second-order valence-electron chi connectivity index (χ2n) is 5.37. The molecule has 0 aliphatic rings. The van der Waals surface area contributed by atoms with Gasteiger partial charge in [-0.3, -0.25) is 4.98 Å². The van der Waals surface area contributed by atoms with E-state index in [1.165, 1.54) is 0 Å². The minimum absolute atomic E-state index is 0.0984. The van der Waals surface area contributed by atoms with Crippen LogP contribution in [0.5, 0.6) is 5.75 Å². The highest BCUT2D eigenvalue weighted by atomic mass is 16.5. The molecule has 0 amide bonds. The lowest BCUT2D eigenvalue weighted by atomic mass is 10.1. The zero-order valence-electron chi connectivity index (χ0n) is 11.6. The van der Waals surface area contributed by atoms with Crippen LogP contribution in [-0.2, 0) is 6.54 Å². The molecule has 102 valence electrons. The summed E-state index contributed by atoms with van der Waals surface area (Å²) >= 11 is 0. The molecule has 0 saturated heterocycles. The van der Waals surface area contributed by atoms with Crippen molar-refractivity contribution in [1.29, 1.82) is 0 Å². The maximum Gasteiger partial charge on any atom is 0.137 e. The fourth-order valence-corrected chi connectivity index (χ4v) is 1.36. The van der Waals surface area contributed by atoms with Crippen molar-refractivity contribution in [2.24, 2.45) is 0 Å². The van der Waals surface area contributed by atoms with Crippen molar-refractivity contribution in [2.75, 3.05) is 13.2 Å². The van der Waals surface area contributed by atoms with Crippen LogP contribution in [0.15, 0.2) is 18.3 Å². The number of ether oxygens (including phenoxy) is 1. The van der Waals surface area contributed by atoms with Gasteiger partial charge in [0.25, 0.3) is 0 Å². The molecule has 18 heavy (non-hydrogen) atoms. The topological polar surface area (TPSA) is 54.4 Å². The number of unbranched alkanes of at least 4 members (excludes halogenated alkanes) is 1. The number of hydrogen-bond acceptors (Lipinski definition) is 4. The third-order valence-corrected chi connectivity index (χ3v) is 2.42. The fraction of sp³-hybridized carbons (Fsp3) is 0.643. The van der Waals surface area contributed by atoms with Gasteiger partial charge in [-0.25, -0.2) is 0 Å². The summed E-state index contributed by atoms with van der Waals surface area (Å²) in [7, 11) is 0. The summed E-state index contributed by atoms with van der Waals surface area (Å²) in [6.45, 7) is 8.00. The van der Waals surface area contributed by atoms with E-state index in [0.717, 1.165) is 30.8 Å². The van der Waals surface area contributed by atoms with E-state index in [0.29, 0.717) is 6.61 Å². The number of aromatic nitrogens is 1. The van der Waals surface area contributed by atoms with Crippen LogP contribution < -0.4 is 10.1 Å². The van der Waals surface area contributed by atoms with Crippen molar-refractivity contribution in [3.8, 4) is 5.75 Å². The molecule has 0 fully saturated rings. The van der Waals surface area contributed by atoms with Crippen molar-refractivity contribution < 1.29 is 9.84 Å². The summed E-state index contributed by atoms with van der Waals surface area (Å²) in [6, 6.07) is 3.91. The Morgan fingerprint density at radius 3 is 2.61 bits per heavy atom. The smallest absolute Gasteiger partial charge is 0.137 e. The Morgan fingerprint density at radius 1 is 1.28 bits per heavy atom.